The van der Waals surface area contributed by atoms with Crippen LogP contribution in [-0.4, -0.2) is 26.2 Å². The summed E-state index contributed by atoms with van der Waals surface area (Å²) in [6.07, 6.45) is 32.6. The second-order valence-corrected chi connectivity index (χ2v) is 15.1. The van der Waals surface area contributed by atoms with Crippen LogP contribution in [0.15, 0.2) is 0 Å². The maximum Gasteiger partial charge on any atom is 0.0586 e. The lowest BCUT2D eigenvalue weighted by atomic mass is 10.0. The highest BCUT2D eigenvalue weighted by atomic mass is 79.9. The van der Waals surface area contributed by atoms with E-state index in [0.717, 1.165) is 0 Å². The third-order valence-electron chi connectivity index (χ3n) is 5.93. The molecule has 0 unspecified atom stereocenters. The zero-order valence-corrected chi connectivity index (χ0v) is 22.9. The first-order chi connectivity index (χ1) is 13.1. The van der Waals surface area contributed by atoms with Crippen molar-refractivity contribution in [3.8, 4) is 0 Å². The third kappa shape index (κ3) is 29.1. The smallest absolute Gasteiger partial charge is 0.0586 e. The molecule has 0 saturated carbocycles. The summed E-state index contributed by atoms with van der Waals surface area (Å²) < 4.78 is 0. The molecule has 28 heavy (non-hydrogen) atoms. The van der Waals surface area contributed by atoms with Crippen molar-refractivity contribution >= 4 is 7.26 Å². The molecular weight excluding hydrogens is 423 g/mol. The lowest BCUT2D eigenvalue weighted by molar-refractivity contribution is -0.00000631. The van der Waals surface area contributed by atoms with Crippen LogP contribution in [0.25, 0.3) is 0 Å². The molecule has 0 aromatic rings. The van der Waals surface area contributed by atoms with E-state index in [1.54, 1.807) is 0 Å². The Bertz CT molecular complexity index is 272. The van der Waals surface area contributed by atoms with Crippen LogP contribution in [0.1, 0.15) is 142 Å². The largest absolute Gasteiger partial charge is 1.00 e. The normalized spacial score (nSPS) is 11.6. The summed E-state index contributed by atoms with van der Waals surface area (Å²) in [7, 11) is -0.511. The van der Waals surface area contributed by atoms with E-state index >= 15 is 0 Å². The quantitative estimate of drug-likeness (QED) is 0.115. The molecule has 0 amide bonds. The van der Waals surface area contributed by atoms with Crippen molar-refractivity contribution in [3.05, 3.63) is 0 Å². The maximum absolute atomic E-state index is 2.48. The Morgan fingerprint density at radius 3 is 0.786 bits per heavy atom. The summed E-state index contributed by atoms with van der Waals surface area (Å²) in [4.78, 5) is 0. The Morgan fingerprint density at radius 2 is 0.571 bits per heavy atom. The predicted octanol–water partition coefficient (Wildman–Crippen LogP) is 7.11. The Morgan fingerprint density at radius 1 is 0.357 bits per heavy atom. The molecule has 0 aromatic carbocycles. The van der Waals surface area contributed by atoms with Crippen LogP contribution in [-0.2, 0) is 0 Å². The van der Waals surface area contributed by atoms with Gasteiger partial charge in [0.05, 0.1) is 6.16 Å². The van der Waals surface area contributed by atoms with E-state index in [1.807, 2.05) is 0 Å². The summed E-state index contributed by atoms with van der Waals surface area (Å²) in [5, 5.41) is 0. The van der Waals surface area contributed by atoms with Gasteiger partial charge in [-0.2, -0.15) is 0 Å². The molecule has 0 aliphatic heterocycles. The van der Waals surface area contributed by atoms with Gasteiger partial charge in [-0.05, 0) is 12.8 Å². The molecule has 0 spiro atoms. The van der Waals surface area contributed by atoms with Crippen LogP contribution < -0.4 is 17.0 Å². The fourth-order valence-electron chi connectivity index (χ4n) is 4.02. The molecule has 0 atom stereocenters. The fraction of sp³-hybridized carbons (Fsp3) is 1.00. The molecule has 0 aromatic heterocycles. The minimum atomic E-state index is -0.511. The van der Waals surface area contributed by atoms with Crippen LogP contribution in [0.4, 0.5) is 0 Å². The number of hydrogen-bond acceptors (Lipinski definition) is 0. The number of unbranched alkanes of at least 4 members (excludes halogenated alkanes) is 20. The van der Waals surface area contributed by atoms with Crippen LogP contribution in [0, 0.1) is 0 Å². The molecule has 0 nitrogen and oxygen atoms in total. The van der Waals surface area contributed by atoms with Crippen LogP contribution in [0.2, 0.25) is 0 Å². The van der Waals surface area contributed by atoms with E-state index in [4.69, 9.17) is 0 Å². The molecule has 2 heteroatoms. The molecule has 0 N–H and O–H groups in total. The van der Waals surface area contributed by atoms with Gasteiger partial charge in [-0.1, -0.05) is 129 Å². The Balaban J connectivity index is 0. The third-order valence-corrected chi connectivity index (χ3v) is 7.59. The highest BCUT2D eigenvalue weighted by Gasteiger charge is 2.15. The van der Waals surface area contributed by atoms with Gasteiger partial charge < -0.3 is 17.0 Å². The Kier molecular flexibility index (Phi) is 26.9. The van der Waals surface area contributed by atoms with E-state index in [-0.39, 0.29) is 17.0 Å². The highest BCUT2D eigenvalue weighted by molar-refractivity contribution is 7.73. The van der Waals surface area contributed by atoms with Crippen molar-refractivity contribution in [1.29, 1.82) is 0 Å². The first-order valence-corrected chi connectivity index (χ1v) is 16.2. The highest BCUT2D eigenvalue weighted by Crippen LogP contribution is 2.47. The van der Waals surface area contributed by atoms with Crippen molar-refractivity contribution in [1.82, 2.24) is 0 Å². The molecule has 0 aliphatic carbocycles. The zero-order valence-electron chi connectivity index (χ0n) is 20.4. The lowest BCUT2D eigenvalue weighted by Gasteiger charge is -2.10. The van der Waals surface area contributed by atoms with Crippen molar-refractivity contribution < 1.29 is 17.0 Å². The van der Waals surface area contributed by atoms with Gasteiger partial charge in [-0.15, -0.1) is 0 Å². The minimum Gasteiger partial charge on any atom is -1.00 e. The number of hydrogen-bond donors (Lipinski definition) is 0. The molecular formula is C26H56BrP. The van der Waals surface area contributed by atoms with E-state index < -0.39 is 7.26 Å². The summed E-state index contributed by atoms with van der Waals surface area (Å²) in [6.45, 7) is 9.73. The van der Waals surface area contributed by atoms with Gasteiger partial charge in [0.15, 0.2) is 0 Å². The SMILES string of the molecule is CCCCCCCCCCCCCCCCCCCCCCC[P+](C)(C)C.[Br-]. The lowest BCUT2D eigenvalue weighted by Crippen LogP contribution is -3.00. The maximum atomic E-state index is 2.48. The molecule has 0 rings (SSSR count). The second kappa shape index (κ2) is 24.2. The predicted molar refractivity (Wildman–Crippen MR) is 132 cm³/mol. The van der Waals surface area contributed by atoms with E-state index in [1.165, 1.54) is 141 Å². The average molecular weight is 480 g/mol. The van der Waals surface area contributed by atoms with Crippen LogP contribution >= 0.6 is 7.26 Å². The van der Waals surface area contributed by atoms with Gasteiger partial charge >= 0.3 is 0 Å². The van der Waals surface area contributed by atoms with Crippen LogP contribution in [0.5, 0.6) is 0 Å². The second-order valence-electron chi connectivity index (χ2n) is 10.1. The van der Waals surface area contributed by atoms with E-state index in [9.17, 15) is 0 Å². The molecule has 0 bridgehead atoms. The van der Waals surface area contributed by atoms with Crippen LogP contribution in [0.3, 0.4) is 0 Å². The first-order valence-electron chi connectivity index (χ1n) is 12.9. The minimum absolute atomic E-state index is 0. The van der Waals surface area contributed by atoms with E-state index in [2.05, 4.69) is 26.9 Å². The van der Waals surface area contributed by atoms with Gasteiger partial charge in [0.25, 0.3) is 0 Å². The van der Waals surface area contributed by atoms with Gasteiger partial charge in [0, 0.05) is 27.3 Å². The van der Waals surface area contributed by atoms with Crippen molar-refractivity contribution in [2.75, 3.05) is 26.2 Å². The van der Waals surface area contributed by atoms with Gasteiger partial charge in [-0.25, -0.2) is 0 Å². The molecule has 0 saturated heterocycles. The Labute approximate surface area is 191 Å². The Hall–Kier alpha value is 0.910. The van der Waals surface area contributed by atoms with Crippen molar-refractivity contribution in [3.63, 3.8) is 0 Å². The summed E-state index contributed by atoms with van der Waals surface area (Å²) in [5.41, 5.74) is 0. The van der Waals surface area contributed by atoms with E-state index in [0.29, 0.717) is 0 Å². The summed E-state index contributed by atoms with van der Waals surface area (Å²) in [5.74, 6) is 0. The molecule has 172 valence electrons. The monoisotopic (exact) mass is 478 g/mol. The van der Waals surface area contributed by atoms with Gasteiger partial charge in [0.2, 0.25) is 0 Å². The standard InChI is InChI=1S/C26H56P.BrH/c1-5-6-7-8-9-10-11-12-13-14-15-16-17-18-19-20-21-22-23-24-25-26-27(2,3)4;/h5-26H2,1-4H3;1H/q+1;/p-1. The van der Waals surface area contributed by atoms with Gasteiger partial charge in [0.1, 0.15) is 0 Å². The molecule has 0 fully saturated rings. The first kappa shape index (κ1) is 31.1. The number of halogens is 1. The fourth-order valence-corrected chi connectivity index (χ4v) is 5.19. The average Bonchev–Trinajstić information content (AvgIpc) is 2.62. The molecule has 0 radical (unpaired) electrons. The molecule has 0 heterocycles. The van der Waals surface area contributed by atoms with Crippen molar-refractivity contribution in [2.24, 2.45) is 0 Å². The van der Waals surface area contributed by atoms with Gasteiger partial charge in [-0.3, -0.25) is 0 Å². The summed E-state index contributed by atoms with van der Waals surface area (Å²) >= 11 is 0. The number of rotatable bonds is 22. The van der Waals surface area contributed by atoms with Crippen molar-refractivity contribution in [2.45, 2.75) is 142 Å². The topological polar surface area (TPSA) is 0 Å². The summed E-state index contributed by atoms with van der Waals surface area (Å²) in [6, 6.07) is 0. The molecule has 0 aliphatic rings. The zero-order chi connectivity index (χ0) is 20.1.